The van der Waals surface area contributed by atoms with Gasteiger partial charge in [0.2, 0.25) is 0 Å². The summed E-state index contributed by atoms with van der Waals surface area (Å²) >= 11 is 0. The van der Waals surface area contributed by atoms with Crippen molar-refractivity contribution in [3.8, 4) is 17.1 Å². The molecule has 1 unspecified atom stereocenters. The number of nitrogens with one attached hydrogen (secondary N) is 1. The Balaban J connectivity index is 1.83. The normalized spacial score (nSPS) is 17.2. The lowest BCUT2D eigenvalue weighted by Crippen LogP contribution is -2.04. The zero-order valence-corrected chi connectivity index (χ0v) is 12.8. The van der Waals surface area contributed by atoms with E-state index in [0.29, 0.717) is 24.7 Å². The molecule has 0 bridgehead atoms. The molecule has 122 valence electrons. The maximum absolute atomic E-state index is 11.2. The summed E-state index contributed by atoms with van der Waals surface area (Å²) < 4.78 is 7.13. The average molecular weight is 324 g/mol. The maximum Gasteiger partial charge on any atom is 0.335 e. The minimum atomic E-state index is -0.968. The standard InChI is InChI=1S/C17H16N4O3/c22-17(23)11-2-1-3-14(8-11)21-16(12-4-6-18-9-12)19-15(20-21)13-5-7-24-10-13/h1-4,6,8-9,13,18H,5,7,10H2,(H,22,23). The molecule has 1 saturated heterocycles. The largest absolute Gasteiger partial charge is 0.478 e. The molecule has 2 N–H and O–H groups in total. The van der Waals surface area contributed by atoms with E-state index in [-0.39, 0.29) is 11.5 Å². The van der Waals surface area contributed by atoms with Gasteiger partial charge in [0.25, 0.3) is 0 Å². The second-order valence-electron chi connectivity index (χ2n) is 5.72. The van der Waals surface area contributed by atoms with Crippen LogP contribution in [0.25, 0.3) is 17.1 Å². The third-order valence-electron chi connectivity index (χ3n) is 4.11. The van der Waals surface area contributed by atoms with Gasteiger partial charge in [-0.15, -0.1) is 0 Å². The van der Waals surface area contributed by atoms with Gasteiger partial charge in [-0.2, -0.15) is 5.10 Å². The first-order valence-corrected chi connectivity index (χ1v) is 7.74. The Hall–Kier alpha value is -2.93. The van der Waals surface area contributed by atoms with Crippen molar-refractivity contribution in [2.75, 3.05) is 13.2 Å². The molecule has 24 heavy (non-hydrogen) atoms. The topological polar surface area (TPSA) is 93.0 Å². The Morgan fingerprint density at radius 1 is 1.38 bits per heavy atom. The van der Waals surface area contributed by atoms with Gasteiger partial charge in [0.15, 0.2) is 11.6 Å². The van der Waals surface area contributed by atoms with E-state index in [4.69, 9.17) is 9.72 Å². The van der Waals surface area contributed by atoms with Crippen LogP contribution >= 0.6 is 0 Å². The lowest BCUT2D eigenvalue weighted by molar-refractivity contribution is 0.0697. The predicted octanol–water partition coefficient (Wildman–Crippen LogP) is 2.46. The second kappa shape index (κ2) is 5.93. The lowest BCUT2D eigenvalue weighted by Gasteiger charge is -2.05. The number of carbonyl (C=O) groups is 1. The molecule has 1 aliphatic rings. The number of ether oxygens (including phenoxy) is 1. The lowest BCUT2D eigenvalue weighted by atomic mass is 10.1. The fourth-order valence-electron chi connectivity index (χ4n) is 2.84. The zero-order chi connectivity index (χ0) is 16.5. The summed E-state index contributed by atoms with van der Waals surface area (Å²) in [6, 6.07) is 8.61. The van der Waals surface area contributed by atoms with Crippen molar-refractivity contribution >= 4 is 5.97 Å². The highest BCUT2D eigenvalue weighted by molar-refractivity contribution is 5.88. The molecule has 2 aromatic heterocycles. The Morgan fingerprint density at radius 2 is 2.29 bits per heavy atom. The first-order valence-electron chi connectivity index (χ1n) is 7.74. The maximum atomic E-state index is 11.2. The fourth-order valence-corrected chi connectivity index (χ4v) is 2.84. The van der Waals surface area contributed by atoms with E-state index >= 15 is 0 Å². The quantitative estimate of drug-likeness (QED) is 0.769. The van der Waals surface area contributed by atoms with Crippen LogP contribution in [0, 0.1) is 0 Å². The molecule has 0 amide bonds. The van der Waals surface area contributed by atoms with Crippen LogP contribution in [-0.4, -0.2) is 44.0 Å². The first-order chi connectivity index (χ1) is 11.7. The van der Waals surface area contributed by atoms with Gasteiger partial charge in [-0.3, -0.25) is 0 Å². The molecule has 7 nitrogen and oxygen atoms in total. The van der Waals surface area contributed by atoms with E-state index in [1.807, 2.05) is 24.5 Å². The van der Waals surface area contributed by atoms with E-state index in [0.717, 1.165) is 17.8 Å². The molecular weight excluding hydrogens is 308 g/mol. The molecule has 0 spiro atoms. The number of nitrogens with zero attached hydrogens (tertiary/aromatic N) is 3. The molecular formula is C17H16N4O3. The van der Waals surface area contributed by atoms with Crippen LogP contribution in [0.5, 0.6) is 0 Å². The highest BCUT2D eigenvalue weighted by Crippen LogP contribution is 2.27. The van der Waals surface area contributed by atoms with Gasteiger partial charge in [0.1, 0.15) is 0 Å². The van der Waals surface area contributed by atoms with Crippen LogP contribution in [0.1, 0.15) is 28.5 Å². The van der Waals surface area contributed by atoms with Crippen molar-refractivity contribution in [3.63, 3.8) is 0 Å². The number of hydrogen-bond acceptors (Lipinski definition) is 4. The summed E-state index contributed by atoms with van der Waals surface area (Å²) in [6.45, 7) is 1.33. The van der Waals surface area contributed by atoms with E-state index < -0.39 is 5.97 Å². The highest BCUT2D eigenvalue weighted by Gasteiger charge is 2.25. The Labute approximate surface area is 137 Å². The molecule has 3 aromatic rings. The van der Waals surface area contributed by atoms with Crippen LogP contribution in [0.3, 0.4) is 0 Å². The number of aromatic nitrogens is 4. The summed E-state index contributed by atoms with van der Waals surface area (Å²) in [5, 5.41) is 13.9. The van der Waals surface area contributed by atoms with E-state index in [1.54, 1.807) is 22.9 Å². The number of carboxylic acids is 1. The number of H-pyrrole nitrogens is 1. The number of hydrogen-bond donors (Lipinski definition) is 2. The Morgan fingerprint density at radius 3 is 3.00 bits per heavy atom. The minimum absolute atomic E-state index is 0.173. The zero-order valence-electron chi connectivity index (χ0n) is 12.8. The molecule has 4 rings (SSSR count). The second-order valence-corrected chi connectivity index (χ2v) is 5.72. The third-order valence-corrected chi connectivity index (χ3v) is 4.11. The van der Waals surface area contributed by atoms with Gasteiger partial charge in [-0.05, 0) is 30.7 Å². The van der Waals surface area contributed by atoms with Gasteiger partial charge >= 0.3 is 5.97 Å². The fraction of sp³-hybridized carbons (Fsp3) is 0.235. The van der Waals surface area contributed by atoms with Crippen molar-refractivity contribution in [1.82, 2.24) is 19.7 Å². The molecule has 7 heteroatoms. The number of carboxylic acid groups (broad SMARTS) is 1. The predicted molar refractivity (Wildman–Crippen MR) is 86.3 cm³/mol. The number of benzene rings is 1. The summed E-state index contributed by atoms with van der Waals surface area (Å²) in [5.41, 5.74) is 1.78. The summed E-state index contributed by atoms with van der Waals surface area (Å²) in [4.78, 5) is 19.0. The van der Waals surface area contributed by atoms with Gasteiger partial charge in [0, 0.05) is 30.5 Å². The minimum Gasteiger partial charge on any atom is -0.478 e. The number of aromatic carboxylic acids is 1. The smallest absolute Gasteiger partial charge is 0.335 e. The van der Waals surface area contributed by atoms with Crippen LogP contribution < -0.4 is 0 Å². The third kappa shape index (κ3) is 2.59. The monoisotopic (exact) mass is 324 g/mol. The van der Waals surface area contributed by atoms with Crippen molar-refractivity contribution in [2.45, 2.75) is 12.3 Å². The average Bonchev–Trinajstić information content (AvgIpc) is 3.33. The molecule has 1 aromatic carbocycles. The van der Waals surface area contributed by atoms with Gasteiger partial charge in [-0.25, -0.2) is 14.5 Å². The molecule has 1 aliphatic heterocycles. The van der Waals surface area contributed by atoms with Crippen molar-refractivity contribution in [2.24, 2.45) is 0 Å². The van der Waals surface area contributed by atoms with Crippen LogP contribution in [0.15, 0.2) is 42.7 Å². The van der Waals surface area contributed by atoms with Crippen molar-refractivity contribution < 1.29 is 14.6 Å². The van der Waals surface area contributed by atoms with Gasteiger partial charge in [0.05, 0.1) is 17.9 Å². The summed E-state index contributed by atoms with van der Waals surface area (Å²) in [5.74, 6) is 0.612. The summed E-state index contributed by atoms with van der Waals surface area (Å²) in [7, 11) is 0. The number of aromatic amines is 1. The number of rotatable bonds is 4. The van der Waals surface area contributed by atoms with Crippen molar-refractivity contribution in [3.05, 3.63) is 54.1 Å². The van der Waals surface area contributed by atoms with E-state index in [1.165, 1.54) is 0 Å². The van der Waals surface area contributed by atoms with Gasteiger partial charge in [-0.1, -0.05) is 6.07 Å². The summed E-state index contributed by atoms with van der Waals surface area (Å²) in [6.07, 6.45) is 4.56. The molecule has 0 saturated carbocycles. The highest BCUT2D eigenvalue weighted by atomic mass is 16.5. The Bertz CT molecular complexity index is 864. The van der Waals surface area contributed by atoms with Gasteiger partial charge < -0.3 is 14.8 Å². The van der Waals surface area contributed by atoms with Crippen LogP contribution in [0.2, 0.25) is 0 Å². The molecule has 1 atom stereocenters. The van der Waals surface area contributed by atoms with E-state index in [2.05, 4.69) is 10.1 Å². The van der Waals surface area contributed by atoms with E-state index in [9.17, 15) is 9.90 Å². The van der Waals surface area contributed by atoms with Crippen molar-refractivity contribution in [1.29, 1.82) is 0 Å². The molecule has 1 fully saturated rings. The Kier molecular flexibility index (Phi) is 3.62. The first kappa shape index (κ1) is 14.6. The molecule has 0 aliphatic carbocycles. The van der Waals surface area contributed by atoms with Crippen LogP contribution in [-0.2, 0) is 4.74 Å². The molecule has 3 heterocycles. The SMILES string of the molecule is O=C(O)c1cccc(-n2nc(C3CCOC3)nc2-c2cc[nH]c2)c1. The van der Waals surface area contributed by atoms with Crippen LogP contribution in [0.4, 0.5) is 0 Å². The molecule has 0 radical (unpaired) electrons.